The highest BCUT2D eigenvalue weighted by Gasteiger charge is 2.37. The number of nitrogens with zero attached hydrogens (tertiary/aromatic N) is 1. The molecule has 0 bridgehead atoms. The van der Waals surface area contributed by atoms with Gasteiger partial charge in [0.25, 0.3) is 0 Å². The van der Waals surface area contributed by atoms with Crippen LogP contribution in [0.15, 0.2) is 0 Å². The summed E-state index contributed by atoms with van der Waals surface area (Å²) in [5.41, 5.74) is 0.249. The molecule has 2 heteroatoms. The first-order valence-corrected chi connectivity index (χ1v) is 8.07. The van der Waals surface area contributed by atoms with Gasteiger partial charge in [0.15, 0.2) is 0 Å². The molecule has 1 aliphatic heterocycles. The summed E-state index contributed by atoms with van der Waals surface area (Å²) in [4.78, 5) is 2.71. The van der Waals surface area contributed by atoms with Crippen LogP contribution in [0, 0.1) is 11.8 Å². The lowest BCUT2D eigenvalue weighted by molar-refractivity contribution is 0.0444. The van der Waals surface area contributed by atoms with Gasteiger partial charge in [-0.05, 0) is 59.2 Å². The Morgan fingerprint density at radius 2 is 1.89 bits per heavy atom. The van der Waals surface area contributed by atoms with E-state index in [2.05, 4.69) is 42.8 Å². The molecule has 2 atom stereocenters. The Morgan fingerprint density at radius 3 is 2.42 bits per heavy atom. The molecular formula is C17H32N2. The van der Waals surface area contributed by atoms with Gasteiger partial charge in [-0.25, -0.2) is 0 Å². The summed E-state index contributed by atoms with van der Waals surface area (Å²) in [6.45, 7) is 12.6. The third-order valence-corrected chi connectivity index (χ3v) is 4.67. The lowest BCUT2D eigenvalue weighted by Gasteiger charge is -2.48. The van der Waals surface area contributed by atoms with Crippen molar-refractivity contribution >= 4 is 0 Å². The first kappa shape index (κ1) is 16.5. The van der Waals surface area contributed by atoms with E-state index in [1.807, 2.05) is 6.92 Å². The van der Waals surface area contributed by atoms with E-state index in [4.69, 9.17) is 0 Å². The minimum absolute atomic E-state index is 0.249. The predicted octanol–water partition coefficient (Wildman–Crippen LogP) is 3.42. The van der Waals surface area contributed by atoms with Gasteiger partial charge < -0.3 is 5.32 Å². The third-order valence-electron chi connectivity index (χ3n) is 4.67. The summed E-state index contributed by atoms with van der Waals surface area (Å²) in [7, 11) is 0. The molecule has 0 radical (unpaired) electrons. The summed E-state index contributed by atoms with van der Waals surface area (Å²) in [6.07, 6.45) is 7.47. The summed E-state index contributed by atoms with van der Waals surface area (Å²) < 4.78 is 0. The molecule has 0 aromatic heterocycles. The molecule has 0 aromatic carbocycles. The molecule has 1 aliphatic rings. The van der Waals surface area contributed by atoms with Gasteiger partial charge in [-0.2, -0.15) is 0 Å². The number of nitrogens with one attached hydrogen (secondary N) is 1. The van der Waals surface area contributed by atoms with Crippen molar-refractivity contribution in [2.24, 2.45) is 0 Å². The SMILES string of the molecule is CC#CCC(NCCC)C(C)(CC)N1CCCCC1. The van der Waals surface area contributed by atoms with E-state index in [1.165, 1.54) is 45.2 Å². The fourth-order valence-corrected chi connectivity index (χ4v) is 3.13. The summed E-state index contributed by atoms with van der Waals surface area (Å²) in [5, 5.41) is 3.75. The third kappa shape index (κ3) is 4.51. The van der Waals surface area contributed by atoms with E-state index in [0.29, 0.717) is 6.04 Å². The molecule has 0 aliphatic carbocycles. The van der Waals surface area contributed by atoms with Crippen molar-refractivity contribution in [3.63, 3.8) is 0 Å². The molecule has 0 aromatic rings. The Morgan fingerprint density at radius 1 is 1.21 bits per heavy atom. The zero-order valence-electron chi connectivity index (χ0n) is 13.4. The van der Waals surface area contributed by atoms with E-state index < -0.39 is 0 Å². The highest BCUT2D eigenvalue weighted by atomic mass is 15.2. The molecule has 1 saturated heterocycles. The average Bonchev–Trinajstić information content (AvgIpc) is 2.47. The van der Waals surface area contributed by atoms with Crippen LogP contribution in [0.4, 0.5) is 0 Å². The van der Waals surface area contributed by atoms with Gasteiger partial charge in [-0.15, -0.1) is 11.8 Å². The summed E-state index contributed by atoms with van der Waals surface area (Å²) in [5.74, 6) is 6.36. The Balaban J connectivity index is 2.79. The van der Waals surface area contributed by atoms with Gasteiger partial charge in [0.05, 0.1) is 0 Å². The second kappa shape index (κ2) is 8.61. The lowest BCUT2D eigenvalue weighted by Crippen LogP contribution is -2.60. The van der Waals surface area contributed by atoms with E-state index in [9.17, 15) is 0 Å². The van der Waals surface area contributed by atoms with Crippen molar-refractivity contribution in [1.29, 1.82) is 0 Å². The van der Waals surface area contributed by atoms with Crippen LogP contribution in [0.25, 0.3) is 0 Å². The van der Waals surface area contributed by atoms with Crippen molar-refractivity contribution in [3.8, 4) is 11.8 Å². The van der Waals surface area contributed by atoms with Crippen LogP contribution in [-0.4, -0.2) is 36.1 Å². The van der Waals surface area contributed by atoms with E-state index in [-0.39, 0.29) is 5.54 Å². The van der Waals surface area contributed by atoms with Gasteiger partial charge in [0.1, 0.15) is 0 Å². The second-order valence-electron chi connectivity index (χ2n) is 5.90. The molecular weight excluding hydrogens is 232 g/mol. The molecule has 0 spiro atoms. The van der Waals surface area contributed by atoms with Crippen molar-refractivity contribution in [3.05, 3.63) is 0 Å². The van der Waals surface area contributed by atoms with Crippen LogP contribution in [0.5, 0.6) is 0 Å². The number of likely N-dealkylation sites (tertiary alicyclic amines) is 1. The van der Waals surface area contributed by atoms with Crippen molar-refractivity contribution in [1.82, 2.24) is 10.2 Å². The van der Waals surface area contributed by atoms with E-state index >= 15 is 0 Å². The maximum atomic E-state index is 3.75. The molecule has 1 fully saturated rings. The smallest absolute Gasteiger partial charge is 0.0359 e. The Hall–Kier alpha value is -0.520. The molecule has 1 N–H and O–H groups in total. The van der Waals surface area contributed by atoms with Gasteiger partial charge >= 0.3 is 0 Å². The van der Waals surface area contributed by atoms with Crippen LogP contribution in [0.1, 0.15) is 66.2 Å². The van der Waals surface area contributed by atoms with Crippen LogP contribution in [0.2, 0.25) is 0 Å². The van der Waals surface area contributed by atoms with Gasteiger partial charge in [0, 0.05) is 18.0 Å². The van der Waals surface area contributed by atoms with Crippen molar-refractivity contribution in [2.45, 2.75) is 77.8 Å². The molecule has 1 heterocycles. The minimum atomic E-state index is 0.249. The predicted molar refractivity (Wildman–Crippen MR) is 84.3 cm³/mol. The number of rotatable bonds is 7. The second-order valence-corrected chi connectivity index (χ2v) is 5.90. The number of hydrogen-bond donors (Lipinski definition) is 1. The first-order chi connectivity index (χ1) is 9.19. The van der Waals surface area contributed by atoms with E-state index in [0.717, 1.165) is 13.0 Å². The highest BCUT2D eigenvalue weighted by Crippen LogP contribution is 2.28. The zero-order chi connectivity index (χ0) is 14.1. The standard InChI is InChI=1S/C17H32N2/c1-5-8-12-16(18-13-6-2)17(4,7-3)19-14-10-9-11-15-19/h16,18H,6-7,9-15H2,1-4H3. The van der Waals surface area contributed by atoms with Gasteiger partial charge in [-0.3, -0.25) is 4.90 Å². The normalized spacial score (nSPS) is 21.3. The van der Waals surface area contributed by atoms with E-state index in [1.54, 1.807) is 0 Å². The van der Waals surface area contributed by atoms with Crippen LogP contribution < -0.4 is 5.32 Å². The molecule has 110 valence electrons. The van der Waals surface area contributed by atoms with Gasteiger partial charge in [0.2, 0.25) is 0 Å². The molecule has 1 rings (SSSR count). The Kier molecular flexibility index (Phi) is 7.49. The molecule has 19 heavy (non-hydrogen) atoms. The van der Waals surface area contributed by atoms with Crippen molar-refractivity contribution < 1.29 is 0 Å². The maximum Gasteiger partial charge on any atom is 0.0359 e. The Bertz CT molecular complexity index is 296. The Labute approximate surface area is 120 Å². The van der Waals surface area contributed by atoms with Crippen LogP contribution in [-0.2, 0) is 0 Å². The fourth-order valence-electron chi connectivity index (χ4n) is 3.13. The van der Waals surface area contributed by atoms with Crippen LogP contribution in [0.3, 0.4) is 0 Å². The lowest BCUT2D eigenvalue weighted by atomic mass is 9.83. The maximum absolute atomic E-state index is 3.75. The topological polar surface area (TPSA) is 15.3 Å². The van der Waals surface area contributed by atoms with Crippen molar-refractivity contribution in [2.75, 3.05) is 19.6 Å². The molecule has 0 amide bonds. The summed E-state index contributed by atoms with van der Waals surface area (Å²) >= 11 is 0. The largest absolute Gasteiger partial charge is 0.311 e. The minimum Gasteiger partial charge on any atom is -0.311 e. The van der Waals surface area contributed by atoms with Crippen LogP contribution >= 0.6 is 0 Å². The quantitative estimate of drug-likeness (QED) is 0.709. The molecule has 0 saturated carbocycles. The molecule has 2 nitrogen and oxygen atoms in total. The zero-order valence-corrected chi connectivity index (χ0v) is 13.4. The summed E-state index contributed by atoms with van der Waals surface area (Å²) in [6, 6.07) is 0.489. The highest BCUT2D eigenvalue weighted by molar-refractivity contribution is 5.06. The monoisotopic (exact) mass is 264 g/mol. The average molecular weight is 264 g/mol. The first-order valence-electron chi connectivity index (χ1n) is 8.07. The number of hydrogen-bond acceptors (Lipinski definition) is 2. The molecule has 2 unspecified atom stereocenters. The van der Waals surface area contributed by atoms with Gasteiger partial charge in [-0.1, -0.05) is 20.3 Å². The number of piperidine rings is 1. The fraction of sp³-hybridized carbons (Fsp3) is 0.882.